The number of hydrogen-bond donors (Lipinski definition) is 0. The first-order valence-electron chi connectivity index (χ1n) is 7.21. The maximum atomic E-state index is 3.52. The van der Waals surface area contributed by atoms with Gasteiger partial charge in [0, 0.05) is 35.9 Å². The molecule has 110 valence electrons. The summed E-state index contributed by atoms with van der Waals surface area (Å²) in [7, 11) is 0.584. The minimum absolute atomic E-state index is 0.492. The van der Waals surface area contributed by atoms with E-state index in [2.05, 4.69) is 70.5 Å². The molecule has 1 saturated heterocycles. The molecule has 0 nitrogen and oxygen atoms in total. The van der Waals surface area contributed by atoms with Crippen LogP contribution in [0, 0.1) is 5.92 Å². The number of allylic oxidation sites excluding steroid dienone is 1. The predicted molar refractivity (Wildman–Crippen MR) is 99.7 cm³/mol. The highest BCUT2D eigenvalue weighted by molar-refractivity contribution is 9.28. The summed E-state index contributed by atoms with van der Waals surface area (Å²) in [4.78, 5) is 0. The van der Waals surface area contributed by atoms with Gasteiger partial charge in [0.2, 0.25) is 0 Å². The molecular weight excluding hydrogens is 404 g/mol. The van der Waals surface area contributed by atoms with E-state index in [1.807, 2.05) is 0 Å². The second-order valence-corrected chi connectivity index (χ2v) is 14.3. The average Bonchev–Trinajstić information content (AvgIpc) is 2.31. The van der Waals surface area contributed by atoms with Crippen LogP contribution in [-0.2, 0) is 10.9 Å². The molecule has 1 aliphatic carbocycles. The van der Waals surface area contributed by atoms with Crippen molar-refractivity contribution in [1.82, 2.24) is 0 Å². The van der Waals surface area contributed by atoms with Gasteiger partial charge in [0.15, 0.2) is 4.08 Å². The number of halogens is 2. The van der Waals surface area contributed by atoms with E-state index >= 15 is 0 Å². The van der Waals surface area contributed by atoms with Crippen LogP contribution in [0.5, 0.6) is 0 Å². The minimum Gasteiger partial charge on any atom is -0.102 e. The molecule has 0 amide bonds. The number of rotatable bonds is 1. The lowest BCUT2D eigenvalue weighted by atomic mass is 9.88. The molecule has 4 heteroatoms. The Hall–Kier alpha value is 1.40. The van der Waals surface area contributed by atoms with Gasteiger partial charge in [-0.05, 0) is 71.4 Å². The lowest BCUT2D eigenvalue weighted by Crippen LogP contribution is -2.51. The van der Waals surface area contributed by atoms with Crippen LogP contribution in [0.4, 0.5) is 0 Å². The van der Waals surface area contributed by atoms with Crippen LogP contribution < -0.4 is 0 Å². The molecule has 2 aliphatic rings. The Morgan fingerprint density at radius 2 is 1.89 bits per heavy atom. The first kappa shape index (κ1) is 16.8. The van der Waals surface area contributed by atoms with Crippen LogP contribution in [0.1, 0.15) is 52.9 Å². The summed E-state index contributed by atoms with van der Waals surface area (Å²) in [6.45, 7) is 7.39. The van der Waals surface area contributed by atoms with Crippen LogP contribution in [0.25, 0.3) is 0 Å². The van der Waals surface area contributed by atoms with E-state index < -0.39 is 0 Å². The van der Waals surface area contributed by atoms with Crippen LogP contribution in [0.3, 0.4) is 0 Å². The Morgan fingerprint density at radius 3 is 2.42 bits per heavy atom. The van der Waals surface area contributed by atoms with Crippen LogP contribution in [0.15, 0.2) is 9.47 Å². The van der Waals surface area contributed by atoms with Crippen molar-refractivity contribution in [2.75, 3.05) is 11.5 Å². The summed E-state index contributed by atoms with van der Waals surface area (Å²) >= 11 is 9.34. The summed E-state index contributed by atoms with van der Waals surface area (Å²) in [5.41, 5.74) is 0. The van der Waals surface area contributed by atoms with Gasteiger partial charge in [-0.25, -0.2) is 0 Å². The van der Waals surface area contributed by atoms with Crippen molar-refractivity contribution in [2.24, 2.45) is 5.92 Å². The fourth-order valence-corrected chi connectivity index (χ4v) is 10.6. The van der Waals surface area contributed by atoms with Crippen LogP contribution in [-0.4, -0.2) is 20.3 Å². The second-order valence-electron chi connectivity index (χ2n) is 6.61. The van der Waals surface area contributed by atoms with Gasteiger partial charge in [-0.1, -0.05) is 6.08 Å². The smallest absolute Gasteiger partial charge is 0.102 e. The van der Waals surface area contributed by atoms with E-state index in [1.165, 1.54) is 43.6 Å². The van der Waals surface area contributed by atoms with E-state index in [0.29, 0.717) is 19.7 Å². The molecule has 0 aromatic heterocycles. The Morgan fingerprint density at radius 1 is 1.26 bits per heavy atom. The standard InChI is InChI=1S/C15H25Br2S2/c1-14(2,3)19-10-4-9-18-15(19)7-5-12(6-8-15)11-13(16)17/h11-12H,4-10H2,1-3H3/q+1. The van der Waals surface area contributed by atoms with Crippen LogP contribution in [0.2, 0.25) is 0 Å². The summed E-state index contributed by atoms with van der Waals surface area (Å²) in [6, 6.07) is 0. The Kier molecular flexibility index (Phi) is 5.88. The molecular formula is C15H25Br2S2+. The molecule has 1 atom stereocenters. The van der Waals surface area contributed by atoms with Gasteiger partial charge in [0.05, 0.1) is 3.39 Å². The van der Waals surface area contributed by atoms with Crippen LogP contribution >= 0.6 is 43.6 Å². The molecule has 0 N–H and O–H groups in total. The highest BCUT2D eigenvalue weighted by atomic mass is 79.9. The maximum Gasteiger partial charge on any atom is 0.173 e. The summed E-state index contributed by atoms with van der Waals surface area (Å²) in [6.07, 6.45) is 9.37. The lowest BCUT2D eigenvalue weighted by Gasteiger charge is -2.44. The zero-order valence-electron chi connectivity index (χ0n) is 12.2. The van der Waals surface area contributed by atoms with E-state index in [-0.39, 0.29) is 0 Å². The molecule has 2 fully saturated rings. The SMILES string of the molecule is CC(C)(C)[S+]1CCCSC12CCC(C=C(Br)Br)CC2. The topological polar surface area (TPSA) is 0 Å². The van der Waals surface area contributed by atoms with Gasteiger partial charge in [-0.3, -0.25) is 0 Å². The maximum absolute atomic E-state index is 3.52. The monoisotopic (exact) mass is 427 g/mol. The van der Waals surface area contributed by atoms with E-state index in [9.17, 15) is 0 Å². The third kappa shape index (κ3) is 4.20. The van der Waals surface area contributed by atoms with Gasteiger partial charge >= 0.3 is 0 Å². The van der Waals surface area contributed by atoms with Gasteiger partial charge in [0.1, 0.15) is 10.5 Å². The van der Waals surface area contributed by atoms with Gasteiger partial charge in [0.25, 0.3) is 0 Å². The fourth-order valence-electron chi connectivity index (χ4n) is 3.40. The third-order valence-electron chi connectivity index (χ3n) is 4.20. The number of hydrogen-bond acceptors (Lipinski definition) is 1. The lowest BCUT2D eigenvalue weighted by molar-refractivity contribution is 0.404. The Bertz CT molecular complexity index is 335. The largest absolute Gasteiger partial charge is 0.173 e. The minimum atomic E-state index is 0.492. The van der Waals surface area contributed by atoms with Crippen molar-refractivity contribution in [3.05, 3.63) is 9.47 Å². The summed E-state index contributed by atoms with van der Waals surface area (Å²) in [5.74, 6) is 3.63. The molecule has 1 unspecified atom stereocenters. The zero-order chi connectivity index (χ0) is 14.1. The van der Waals surface area contributed by atoms with E-state index in [0.717, 1.165) is 9.31 Å². The van der Waals surface area contributed by atoms with E-state index in [1.54, 1.807) is 0 Å². The first-order valence-corrected chi connectivity index (χ1v) is 11.2. The third-order valence-corrected chi connectivity index (χ3v) is 10.6. The van der Waals surface area contributed by atoms with Crippen molar-refractivity contribution in [3.63, 3.8) is 0 Å². The van der Waals surface area contributed by atoms with Gasteiger partial charge in [-0.15, -0.1) is 11.8 Å². The molecule has 2 rings (SSSR count). The normalized spacial score (nSPS) is 36.3. The average molecular weight is 429 g/mol. The van der Waals surface area contributed by atoms with Gasteiger partial charge in [-0.2, -0.15) is 0 Å². The van der Waals surface area contributed by atoms with Gasteiger partial charge < -0.3 is 0 Å². The summed E-state index contributed by atoms with van der Waals surface area (Å²) in [5, 5.41) is 0. The molecule has 0 aromatic carbocycles. The highest BCUT2D eigenvalue weighted by Crippen LogP contribution is 2.53. The molecule has 1 saturated carbocycles. The predicted octanol–water partition coefficient (Wildman–Crippen LogP) is 6.06. The van der Waals surface area contributed by atoms with Crippen molar-refractivity contribution in [1.29, 1.82) is 0 Å². The van der Waals surface area contributed by atoms with Crippen molar-refractivity contribution in [3.8, 4) is 0 Å². The molecule has 1 aliphatic heterocycles. The number of thioether (sulfide) groups is 1. The summed E-state index contributed by atoms with van der Waals surface area (Å²) < 4.78 is 2.23. The quantitative estimate of drug-likeness (QED) is 0.457. The van der Waals surface area contributed by atoms with E-state index in [4.69, 9.17) is 0 Å². The van der Waals surface area contributed by atoms with Crippen molar-refractivity contribution < 1.29 is 0 Å². The fraction of sp³-hybridized carbons (Fsp3) is 0.867. The highest BCUT2D eigenvalue weighted by Gasteiger charge is 2.56. The van der Waals surface area contributed by atoms with Crippen molar-refractivity contribution >= 4 is 54.5 Å². The molecule has 1 spiro atoms. The molecule has 1 heterocycles. The zero-order valence-corrected chi connectivity index (χ0v) is 17.0. The Labute approximate surface area is 142 Å². The molecule has 0 aromatic rings. The molecule has 19 heavy (non-hydrogen) atoms. The molecule has 0 radical (unpaired) electrons. The second kappa shape index (κ2) is 6.66. The first-order chi connectivity index (χ1) is 8.83. The van der Waals surface area contributed by atoms with Crippen molar-refractivity contribution in [2.45, 2.75) is 61.7 Å². The molecule has 0 bridgehead atoms. The Balaban J connectivity index is 2.08.